The van der Waals surface area contributed by atoms with E-state index >= 15 is 0 Å². The highest BCUT2D eigenvalue weighted by Crippen LogP contribution is 2.33. The minimum absolute atomic E-state index is 0.0743. The molecule has 0 unspecified atom stereocenters. The number of hydrogen-bond acceptors (Lipinski definition) is 7. The van der Waals surface area contributed by atoms with Crippen LogP contribution in [0.15, 0.2) is 12.5 Å². The molecule has 0 saturated carbocycles. The van der Waals surface area contributed by atoms with Crippen LogP contribution in [0.25, 0.3) is 0 Å². The van der Waals surface area contributed by atoms with Crippen molar-refractivity contribution in [3.63, 3.8) is 0 Å². The molecule has 0 aliphatic carbocycles. The summed E-state index contributed by atoms with van der Waals surface area (Å²) < 4.78 is 4.94. The third-order valence-electron chi connectivity index (χ3n) is 7.67. The van der Waals surface area contributed by atoms with Crippen LogP contribution in [0, 0.1) is 11.8 Å². The Labute approximate surface area is 213 Å². The number of nitrogens with zero attached hydrogens (tertiary/aromatic N) is 3. The first-order chi connectivity index (χ1) is 16.9. The zero-order valence-electron chi connectivity index (χ0n) is 21.5. The van der Waals surface area contributed by atoms with Gasteiger partial charge in [-0.3, -0.25) is 14.5 Å². The number of rotatable bonds is 12. The Balaban J connectivity index is 1.73. The van der Waals surface area contributed by atoms with Gasteiger partial charge >= 0.3 is 5.97 Å². The van der Waals surface area contributed by atoms with E-state index in [-0.39, 0.29) is 36.2 Å². The van der Waals surface area contributed by atoms with Crippen LogP contribution in [-0.4, -0.2) is 94.4 Å². The number of H-pyrrole nitrogens is 1. The average Bonchev–Trinajstić information content (AvgIpc) is 3.61. The minimum Gasteiger partial charge on any atom is -0.467 e. The molecule has 2 aliphatic rings. The molecule has 0 aromatic carbocycles. The normalized spacial score (nSPS) is 25.5. The largest absolute Gasteiger partial charge is 0.467 e. The van der Waals surface area contributed by atoms with Crippen LogP contribution in [0.5, 0.6) is 0 Å². The number of thioether (sulfide) groups is 1. The summed E-state index contributed by atoms with van der Waals surface area (Å²) in [5, 5.41) is 2.99. The number of esters is 1. The molecule has 0 radical (unpaired) electrons. The number of hydrogen-bond donors (Lipinski definition) is 2. The van der Waals surface area contributed by atoms with E-state index in [4.69, 9.17) is 4.74 Å². The SMILES string of the molecule is CC[C@H]1CCN(C[C@@H]2[C@@H](CC)CCN2C(=O)Cc2c[nH]cn2)[C@@H]1C(=O)N[C@@H](CCSC)C(=O)OC. The van der Waals surface area contributed by atoms with Crippen molar-refractivity contribution in [3.8, 4) is 0 Å². The van der Waals surface area contributed by atoms with Gasteiger partial charge in [0.15, 0.2) is 0 Å². The van der Waals surface area contributed by atoms with Crippen LogP contribution >= 0.6 is 11.8 Å². The molecule has 5 atom stereocenters. The van der Waals surface area contributed by atoms with Gasteiger partial charge < -0.3 is 19.9 Å². The van der Waals surface area contributed by atoms with Crippen LogP contribution in [0.2, 0.25) is 0 Å². The van der Waals surface area contributed by atoms with Crippen molar-refractivity contribution in [1.82, 2.24) is 25.1 Å². The molecule has 0 bridgehead atoms. The molecule has 2 amide bonds. The molecule has 35 heavy (non-hydrogen) atoms. The predicted octanol–water partition coefficient (Wildman–Crippen LogP) is 2.09. The number of nitrogens with one attached hydrogen (secondary N) is 2. The van der Waals surface area contributed by atoms with Gasteiger partial charge in [-0.2, -0.15) is 11.8 Å². The average molecular weight is 508 g/mol. The molecular formula is C25H41N5O4S. The highest BCUT2D eigenvalue weighted by atomic mass is 32.2. The zero-order chi connectivity index (χ0) is 25.4. The fourth-order valence-electron chi connectivity index (χ4n) is 5.66. The first-order valence-electron chi connectivity index (χ1n) is 12.8. The second-order valence-electron chi connectivity index (χ2n) is 9.61. The maximum absolute atomic E-state index is 13.5. The molecule has 9 nitrogen and oxygen atoms in total. The van der Waals surface area contributed by atoms with E-state index in [1.165, 1.54) is 7.11 Å². The Morgan fingerprint density at radius 2 is 1.97 bits per heavy atom. The Kier molecular flexibility index (Phi) is 10.5. The van der Waals surface area contributed by atoms with Crippen molar-refractivity contribution in [2.75, 3.05) is 38.8 Å². The van der Waals surface area contributed by atoms with E-state index in [1.54, 1.807) is 24.3 Å². The summed E-state index contributed by atoms with van der Waals surface area (Å²) >= 11 is 1.64. The molecule has 3 heterocycles. The van der Waals surface area contributed by atoms with Gasteiger partial charge in [-0.25, -0.2) is 9.78 Å². The van der Waals surface area contributed by atoms with Crippen molar-refractivity contribution < 1.29 is 19.1 Å². The van der Waals surface area contributed by atoms with Gasteiger partial charge in [0.25, 0.3) is 0 Å². The van der Waals surface area contributed by atoms with Crippen LogP contribution in [0.3, 0.4) is 0 Å². The van der Waals surface area contributed by atoms with E-state index in [0.717, 1.165) is 50.2 Å². The number of ether oxygens (including phenoxy) is 1. The number of methoxy groups -OCH3 is 1. The molecule has 196 valence electrons. The smallest absolute Gasteiger partial charge is 0.328 e. The number of aromatic nitrogens is 2. The van der Waals surface area contributed by atoms with E-state index < -0.39 is 12.0 Å². The Morgan fingerprint density at radius 3 is 2.60 bits per heavy atom. The second-order valence-corrected chi connectivity index (χ2v) is 10.6. The summed E-state index contributed by atoms with van der Waals surface area (Å²) in [5.41, 5.74) is 0.747. The molecule has 1 aromatic rings. The summed E-state index contributed by atoms with van der Waals surface area (Å²) in [5.74, 6) is 0.982. The lowest BCUT2D eigenvalue weighted by Gasteiger charge is -2.35. The van der Waals surface area contributed by atoms with E-state index in [9.17, 15) is 14.4 Å². The molecular weight excluding hydrogens is 466 g/mol. The fourth-order valence-corrected chi connectivity index (χ4v) is 6.13. The van der Waals surface area contributed by atoms with Crippen LogP contribution in [0.4, 0.5) is 0 Å². The van der Waals surface area contributed by atoms with Crippen molar-refractivity contribution in [2.24, 2.45) is 11.8 Å². The first kappa shape index (κ1) is 27.5. The summed E-state index contributed by atoms with van der Waals surface area (Å²) in [4.78, 5) is 50.4. The highest BCUT2D eigenvalue weighted by Gasteiger charge is 2.44. The number of imidazole rings is 1. The van der Waals surface area contributed by atoms with Crippen molar-refractivity contribution in [3.05, 3.63) is 18.2 Å². The summed E-state index contributed by atoms with van der Waals surface area (Å²) in [6, 6.07) is -0.866. The molecule has 0 spiro atoms. The van der Waals surface area contributed by atoms with Gasteiger partial charge in [0.1, 0.15) is 6.04 Å². The third-order valence-corrected chi connectivity index (χ3v) is 8.32. The quantitative estimate of drug-likeness (QED) is 0.417. The molecule has 1 aromatic heterocycles. The Bertz CT molecular complexity index is 836. The van der Waals surface area contributed by atoms with E-state index in [2.05, 4.69) is 34.0 Å². The molecule has 2 saturated heterocycles. The summed E-state index contributed by atoms with van der Waals surface area (Å²) in [6.45, 7) is 6.53. The number of aromatic amines is 1. The van der Waals surface area contributed by atoms with Crippen LogP contribution in [-0.2, 0) is 25.5 Å². The lowest BCUT2D eigenvalue weighted by atomic mass is 9.94. The third kappa shape index (κ3) is 6.78. The number of carbonyl (C=O) groups excluding carboxylic acids is 3. The molecule has 2 fully saturated rings. The first-order valence-corrected chi connectivity index (χ1v) is 14.2. The van der Waals surface area contributed by atoms with Gasteiger partial charge in [0, 0.05) is 25.3 Å². The van der Waals surface area contributed by atoms with Crippen molar-refractivity contribution >= 4 is 29.5 Å². The van der Waals surface area contributed by atoms with Gasteiger partial charge in [-0.1, -0.05) is 26.7 Å². The van der Waals surface area contributed by atoms with E-state index in [1.807, 2.05) is 11.2 Å². The van der Waals surface area contributed by atoms with Gasteiger partial charge in [-0.05, 0) is 49.7 Å². The second kappa shape index (κ2) is 13.3. The Hall–Kier alpha value is -2.07. The minimum atomic E-state index is -0.637. The standard InChI is InChI=1S/C25H41N5O4S/c1-5-17-8-11-30(22(31)13-19-14-26-16-27-19)21(17)15-29-10-7-18(6-2)23(29)24(32)28-20(9-12-35-4)25(33)34-3/h14,16-18,20-21,23H,5-13,15H2,1-4H3,(H,26,27)(H,28,32)/t17-,18-,20-,21+,23-/m0/s1. The fraction of sp³-hybridized carbons (Fsp3) is 0.760. The number of amides is 2. The van der Waals surface area contributed by atoms with Gasteiger partial charge in [0.2, 0.25) is 11.8 Å². The molecule has 3 rings (SSSR count). The maximum Gasteiger partial charge on any atom is 0.328 e. The van der Waals surface area contributed by atoms with Crippen LogP contribution in [0.1, 0.15) is 51.6 Å². The zero-order valence-corrected chi connectivity index (χ0v) is 22.3. The monoisotopic (exact) mass is 507 g/mol. The van der Waals surface area contributed by atoms with Crippen molar-refractivity contribution in [1.29, 1.82) is 0 Å². The summed E-state index contributed by atoms with van der Waals surface area (Å²) in [7, 11) is 1.36. The number of likely N-dealkylation sites (tertiary alicyclic amines) is 2. The van der Waals surface area contributed by atoms with Gasteiger partial charge in [0.05, 0.1) is 31.6 Å². The highest BCUT2D eigenvalue weighted by molar-refractivity contribution is 7.98. The molecule has 2 aliphatic heterocycles. The van der Waals surface area contributed by atoms with Crippen LogP contribution < -0.4 is 5.32 Å². The van der Waals surface area contributed by atoms with Gasteiger partial charge in [-0.15, -0.1) is 0 Å². The predicted molar refractivity (Wildman–Crippen MR) is 137 cm³/mol. The lowest BCUT2D eigenvalue weighted by Crippen LogP contribution is -2.54. The maximum atomic E-state index is 13.5. The topological polar surface area (TPSA) is 108 Å². The summed E-state index contributed by atoms with van der Waals surface area (Å²) in [6.07, 6.45) is 9.98. The lowest BCUT2D eigenvalue weighted by molar-refractivity contribution is -0.146. The Morgan fingerprint density at radius 1 is 1.23 bits per heavy atom. The molecule has 10 heteroatoms. The van der Waals surface area contributed by atoms with Crippen molar-refractivity contribution in [2.45, 2.75) is 70.5 Å². The number of carbonyl (C=O) groups is 3. The molecule has 2 N–H and O–H groups in total. The van der Waals surface area contributed by atoms with E-state index in [0.29, 0.717) is 18.9 Å².